The van der Waals surface area contributed by atoms with Crippen LogP contribution in [-0.4, -0.2) is 28.4 Å². The van der Waals surface area contributed by atoms with E-state index >= 15 is 0 Å². The molecule has 18 heavy (non-hydrogen) atoms. The number of hydrogen-bond acceptors (Lipinski definition) is 3. The van der Waals surface area contributed by atoms with Crippen LogP contribution in [-0.2, 0) is 9.59 Å². The summed E-state index contributed by atoms with van der Waals surface area (Å²) in [6.45, 7) is 4.68. The molecule has 0 radical (unpaired) electrons. The largest absolute Gasteiger partial charge is 0.481 e. The Morgan fingerprint density at radius 1 is 1.61 bits per heavy atom. The zero-order valence-electron chi connectivity index (χ0n) is 10.5. The van der Waals surface area contributed by atoms with Crippen LogP contribution in [0.1, 0.15) is 31.9 Å². The van der Waals surface area contributed by atoms with E-state index in [2.05, 4.69) is 0 Å². The average Bonchev–Trinajstić information content (AvgIpc) is 2.87. The molecular formula is C13H17NO3S. The van der Waals surface area contributed by atoms with Gasteiger partial charge in [-0.3, -0.25) is 9.59 Å². The van der Waals surface area contributed by atoms with Crippen LogP contribution in [0, 0.1) is 11.8 Å². The van der Waals surface area contributed by atoms with E-state index in [1.165, 1.54) is 11.3 Å². The summed E-state index contributed by atoms with van der Waals surface area (Å²) < 4.78 is 0. The molecule has 1 aliphatic rings. The Kier molecular flexibility index (Phi) is 3.71. The van der Waals surface area contributed by atoms with Crippen molar-refractivity contribution < 1.29 is 14.7 Å². The number of thiophene rings is 1. The van der Waals surface area contributed by atoms with Crippen LogP contribution in [0.25, 0.3) is 0 Å². The van der Waals surface area contributed by atoms with Gasteiger partial charge in [0, 0.05) is 13.0 Å². The zero-order valence-corrected chi connectivity index (χ0v) is 11.3. The van der Waals surface area contributed by atoms with Gasteiger partial charge < -0.3 is 10.0 Å². The molecule has 0 aromatic carbocycles. The van der Waals surface area contributed by atoms with Crippen molar-refractivity contribution in [1.29, 1.82) is 0 Å². The summed E-state index contributed by atoms with van der Waals surface area (Å²) in [5.74, 6) is -1.22. The van der Waals surface area contributed by atoms with Gasteiger partial charge in [0.05, 0.1) is 12.0 Å². The number of aliphatic carboxylic acids is 1. The molecule has 1 fully saturated rings. The first-order valence-electron chi connectivity index (χ1n) is 6.05. The van der Waals surface area contributed by atoms with Gasteiger partial charge in [0.2, 0.25) is 5.91 Å². The van der Waals surface area contributed by atoms with Crippen molar-refractivity contribution in [2.75, 3.05) is 6.54 Å². The van der Waals surface area contributed by atoms with Crippen molar-refractivity contribution in [3.8, 4) is 0 Å². The first-order valence-corrected chi connectivity index (χ1v) is 6.99. The summed E-state index contributed by atoms with van der Waals surface area (Å²) in [5, 5.41) is 13.1. The molecule has 2 rings (SSSR count). The molecule has 1 saturated heterocycles. The zero-order chi connectivity index (χ0) is 13.3. The highest BCUT2D eigenvalue weighted by atomic mass is 32.1. The summed E-state index contributed by atoms with van der Waals surface area (Å²) >= 11 is 1.53. The molecule has 0 saturated carbocycles. The van der Waals surface area contributed by atoms with E-state index in [0.717, 1.165) is 5.56 Å². The van der Waals surface area contributed by atoms with Crippen molar-refractivity contribution in [2.45, 2.75) is 26.3 Å². The number of hydrogen-bond donors (Lipinski definition) is 1. The Labute approximate surface area is 110 Å². The van der Waals surface area contributed by atoms with E-state index < -0.39 is 11.9 Å². The minimum atomic E-state index is -0.884. The highest BCUT2D eigenvalue weighted by molar-refractivity contribution is 7.08. The lowest BCUT2D eigenvalue weighted by Gasteiger charge is -2.28. The van der Waals surface area contributed by atoms with Crippen molar-refractivity contribution >= 4 is 23.2 Å². The summed E-state index contributed by atoms with van der Waals surface area (Å²) in [4.78, 5) is 25.0. The van der Waals surface area contributed by atoms with Gasteiger partial charge in [-0.1, -0.05) is 13.8 Å². The van der Waals surface area contributed by atoms with Gasteiger partial charge >= 0.3 is 5.97 Å². The first kappa shape index (κ1) is 13.1. The molecule has 1 N–H and O–H groups in total. The SMILES string of the molecule is CC(C)CN1C(=O)CC(C(=O)O)C1c1ccsc1. The van der Waals surface area contributed by atoms with Crippen LogP contribution < -0.4 is 0 Å². The monoisotopic (exact) mass is 267 g/mol. The highest BCUT2D eigenvalue weighted by Crippen LogP contribution is 2.39. The van der Waals surface area contributed by atoms with Gasteiger partial charge in [-0.25, -0.2) is 0 Å². The quantitative estimate of drug-likeness (QED) is 0.911. The van der Waals surface area contributed by atoms with E-state index in [0.29, 0.717) is 12.5 Å². The molecule has 2 heterocycles. The highest BCUT2D eigenvalue weighted by Gasteiger charge is 2.44. The summed E-state index contributed by atoms with van der Waals surface area (Å²) in [5.41, 5.74) is 0.943. The standard InChI is InChI=1S/C13H17NO3S/c1-8(2)6-14-11(15)5-10(13(16)17)12(14)9-3-4-18-7-9/h3-4,7-8,10,12H,5-6H2,1-2H3,(H,16,17). The number of carboxylic acid groups (broad SMARTS) is 1. The van der Waals surface area contributed by atoms with Crippen molar-refractivity contribution in [3.63, 3.8) is 0 Å². The number of carboxylic acids is 1. The normalized spacial score (nSPS) is 23.9. The van der Waals surface area contributed by atoms with Crippen LogP contribution in [0.2, 0.25) is 0 Å². The topological polar surface area (TPSA) is 57.6 Å². The van der Waals surface area contributed by atoms with E-state index in [-0.39, 0.29) is 18.4 Å². The maximum absolute atomic E-state index is 12.0. The Bertz CT molecular complexity index is 441. The number of rotatable bonds is 4. The van der Waals surface area contributed by atoms with E-state index in [1.807, 2.05) is 30.7 Å². The van der Waals surface area contributed by atoms with Crippen LogP contribution in [0.15, 0.2) is 16.8 Å². The lowest BCUT2D eigenvalue weighted by molar-refractivity contribution is -0.142. The van der Waals surface area contributed by atoms with Crippen LogP contribution in [0.3, 0.4) is 0 Å². The summed E-state index contributed by atoms with van der Waals surface area (Å²) in [6, 6.07) is 1.61. The molecule has 2 atom stereocenters. The summed E-state index contributed by atoms with van der Waals surface area (Å²) in [6.07, 6.45) is 0.114. The second-order valence-electron chi connectivity index (χ2n) is 5.09. The molecule has 2 unspecified atom stereocenters. The van der Waals surface area contributed by atoms with Crippen LogP contribution in [0.5, 0.6) is 0 Å². The van der Waals surface area contributed by atoms with Gasteiger partial charge in [-0.2, -0.15) is 11.3 Å². The molecule has 0 aliphatic carbocycles. The first-order chi connectivity index (χ1) is 8.50. The smallest absolute Gasteiger partial charge is 0.309 e. The van der Waals surface area contributed by atoms with Crippen molar-refractivity contribution in [2.24, 2.45) is 11.8 Å². The summed E-state index contributed by atoms with van der Waals surface area (Å²) in [7, 11) is 0. The maximum Gasteiger partial charge on any atom is 0.309 e. The van der Waals surface area contributed by atoms with Gasteiger partial charge in [0.15, 0.2) is 0 Å². The molecule has 5 heteroatoms. The van der Waals surface area contributed by atoms with E-state index in [1.54, 1.807) is 4.90 Å². The predicted molar refractivity (Wildman–Crippen MR) is 69.4 cm³/mol. The lowest BCUT2D eigenvalue weighted by Crippen LogP contribution is -2.33. The molecule has 1 aromatic rings. The van der Waals surface area contributed by atoms with Crippen molar-refractivity contribution in [1.82, 2.24) is 4.90 Å². The van der Waals surface area contributed by atoms with Crippen LogP contribution in [0.4, 0.5) is 0 Å². The third-order valence-electron chi connectivity index (χ3n) is 3.20. The molecule has 0 bridgehead atoms. The minimum absolute atomic E-state index is 0.0488. The Balaban J connectivity index is 2.32. The third-order valence-corrected chi connectivity index (χ3v) is 3.90. The van der Waals surface area contributed by atoms with E-state index in [9.17, 15) is 14.7 Å². The molecule has 1 amide bonds. The average molecular weight is 267 g/mol. The molecular weight excluding hydrogens is 250 g/mol. The molecule has 4 nitrogen and oxygen atoms in total. The number of carbonyl (C=O) groups is 2. The molecule has 0 spiro atoms. The fourth-order valence-corrected chi connectivity index (χ4v) is 3.17. The molecule has 98 valence electrons. The van der Waals surface area contributed by atoms with Gasteiger partial charge in [-0.05, 0) is 28.3 Å². The number of likely N-dealkylation sites (tertiary alicyclic amines) is 1. The Morgan fingerprint density at radius 2 is 2.33 bits per heavy atom. The van der Waals surface area contributed by atoms with Gasteiger partial charge in [0.1, 0.15) is 0 Å². The van der Waals surface area contributed by atoms with Gasteiger partial charge in [-0.15, -0.1) is 0 Å². The Morgan fingerprint density at radius 3 is 2.83 bits per heavy atom. The maximum atomic E-state index is 12.0. The number of carbonyl (C=O) groups excluding carboxylic acids is 1. The number of amides is 1. The van der Waals surface area contributed by atoms with E-state index in [4.69, 9.17) is 0 Å². The second kappa shape index (κ2) is 5.10. The number of nitrogens with zero attached hydrogens (tertiary/aromatic N) is 1. The van der Waals surface area contributed by atoms with Gasteiger partial charge in [0.25, 0.3) is 0 Å². The third kappa shape index (κ3) is 2.41. The fraction of sp³-hybridized carbons (Fsp3) is 0.538. The molecule has 1 aromatic heterocycles. The fourth-order valence-electron chi connectivity index (χ4n) is 2.48. The van der Waals surface area contributed by atoms with Crippen LogP contribution >= 0.6 is 11.3 Å². The Hall–Kier alpha value is -1.36. The lowest BCUT2D eigenvalue weighted by atomic mass is 9.95. The minimum Gasteiger partial charge on any atom is -0.481 e. The molecule has 1 aliphatic heterocycles. The second-order valence-corrected chi connectivity index (χ2v) is 5.87. The predicted octanol–water partition coefficient (Wildman–Crippen LogP) is 2.38. The van der Waals surface area contributed by atoms with Crippen molar-refractivity contribution in [3.05, 3.63) is 22.4 Å².